The molecule has 0 amide bonds. The number of nitrogens with two attached hydrogens (primary N) is 1. The number of hydrogen-bond acceptors (Lipinski definition) is 5. The summed E-state index contributed by atoms with van der Waals surface area (Å²) >= 11 is 3.13. The van der Waals surface area contributed by atoms with Gasteiger partial charge in [-0.25, -0.2) is 4.68 Å². The number of rotatable bonds is 2. The van der Waals surface area contributed by atoms with Crippen LogP contribution in [0.25, 0.3) is 0 Å². The van der Waals surface area contributed by atoms with Crippen LogP contribution in [-0.2, 0) is 23.5 Å². The summed E-state index contributed by atoms with van der Waals surface area (Å²) in [5.41, 5.74) is 7.88. The van der Waals surface area contributed by atoms with Crippen molar-refractivity contribution in [1.82, 2.24) is 15.0 Å². The Morgan fingerprint density at radius 3 is 2.80 bits per heavy atom. The summed E-state index contributed by atoms with van der Waals surface area (Å²) in [6.07, 6.45) is 0.664. The molecule has 1 aromatic heterocycles. The zero-order valence-electron chi connectivity index (χ0n) is 10.6. The predicted molar refractivity (Wildman–Crippen MR) is 77.8 cm³/mol. The number of hydrogen-bond donors (Lipinski definition) is 1. The van der Waals surface area contributed by atoms with Gasteiger partial charge in [-0.05, 0) is 40.0 Å². The first-order valence-electron chi connectivity index (χ1n) is 5.87. The quantitative estimate of drug-likeness (QED) is 0.806. The first kappa shape index (κ1) is 13.4. The minimum Gasteiger partial charge on any atom is -0.399 e. The van der Waals surface area contributed by atoms with Crippen molar-refractivity contribution in [2.24, 2.45) is 7.05 Å². The smallest absolute Gasteiger partial charge is 0.284 e. The normalized spacial score (nSPS) is 14.6. The van der Waals surface area contributed by atoms with Gasteiger partial charge in [0.15, 0.2) is 4.60 Å². The number of halogens is 1. The van der Waals surface area contributed by atoms with Gasteiger partial charge in [0.25, 0.3) is 10.0 Å². The number of nitrogens with zero attached hydrogens (tertiary/aromatic N) is 4. The van der Waals surface area contributed by atoms with E-state index in [4.69, 9.17) is 5.73 Å². The summed E-state index contributed by atoms with van der Waals surface area (Å²) in [6.45, 7) is 0.388. The molecule has 9 heteroatoms. The highest BCUT2D eigenvalue weighted by molar-refractivity contribution is 9.10. The molecule has 0 fully saturated rings. The van der Waals surface area contributed by atoms with Crippen LogP contribution in [0.4, 0.5) is 11.4 Å². The van der Waals surface area contributed by atoms with Crippen LogP contribution in [0.15, 0.2) is 27.8 Å². The van der Waals surface area contributed by atoms with E-state index >= 15 is 0 Å². The molecule has 0 unspecified atom stereocenters. The minimum absolute atomic E-state index is 0.0350. The highest BCUT2D eigenvalue weighted by Crippen LogP contribution is 2.35. The third-order valence-corrected chi connectivity index (χ3v) is 5.94. The first-order chi connectivity index (χ1) is 9.41. The number of benzene rings is 1. The lowest BCUT2D eigenvalue weighted by Gasteiger charge is -2.19. The van der Waals surface area contributed by atoms with Crippen LogP contribution in [-0.4, -0.2) is 30.0 Å². The van der Waals surface area contributed by atoms with E-state index in [2.05, 4.69) is 26.2 Å². The van der Waals surface area contributed by atoms with E-state index in [1.165, 1.54) is 8.99 Å². The molecule has 1 aromatic carbocycles. The summed E-state index contributed by atoms with van der Waals surface area (Å²) < 4.78 is 28.3. The Balaban J connectivity index is 2.14. The van der Waals surface area contributed by atoms with Crippen molar-refractivity contribution in [2.75, 3.05) is 16.6 Å². The molecule has 0 atom stereocenters. The van der Waals surface area contributed by atoms with Crippen molar-refractivity contribution in [3.63, 3.8) is 0 Å². The van der Waals surface area contributed by atoms with Gasteiger partial charge in [-0.15, -0.1) is 5.10 Å². The van der Waals surface area contributed by atoms with Crippen LogP contribution in [0.3, 0.4) is 0 Å². The van der Waals surface area contributed by atoms with Gasteiger partial charge in [-0.3, -0.25) is 4.31 Å². The van der Waals surface area contributed by atoms with Crippen molar-refractivity contribution in [3.05, 3.63) is 28.4 Å². The molecule has 1 aliphatic heterocycles. The molecular formula is C11H12BrN5O2S. The minimum atomic E-state index is -3.72. The largest absolute Gasteiger partial charge is 0.399 e. The third kappa shape index (κ3) is 1.88. The maximum atomic E-state index is 12.8. The van der Waals surface area contributed by atoms with Crippen LogP contribution in [0, 0.1) is 0 Å². The zero-order chi connectivity index (χ0) is 14.5. The van der Waals surface area contributed by atoms with Gasteiger partial charge in [0, 0.05) is 19.3 Å². The van der Waals surface area contributed by atoms with Crippen LogP contribution in [0.5, 0.6) is 0 Å². The van der Waals surface area contributed by atoms with Gasteiger partial charge in [0.05, 0.1) is 5.69 Å². The standard InChI is InChI=1S/C11H12BrN5O2S/c1-16-11(10(12)14-15-16)20(18,19)17-5-4-7-2-3-8(13)6-9(7)17/h2-3,6H,4-5,13H2,1H3. The number of fused-ring (bicyclic) bond motifs is 1. The molecule has 0 saturated carbocycles. The summed E-state index contributed by atoms with van der Waals surface area (Å²) in [5.74, 6) is 0. The Hall–Kier alpha value is -1.61. The summed E-state index contributed by atoms with van der Waals surface area (Å²) in [6, 6.07) is 5.31. The Morgan fingerprint density at radius 2 is 2.15 bits per heavy atom. The van der Waals surface area contributed by atoms with E-state index in [0.29, 0.717) is 24.3 Å². The maximum Gasteiger partial charge on any atom is 0.284 e. The summed E-state index contributed by atoms with van der Waals surface area (Å²) in [4.78, 5) is 0. The van der Waals surface area contributed by atoms with Gasteiger partial charge >= 0.3 is 0 Å². The Bertz CT molecular complexity index is 767. The molecular weight excluding hydrogens is 346 g/mol. The molecule has 2 heterocycles. The number of aromatic nitrogens is 3. The monoisotopic (exact) mass is 357 g/mol. The molecule has 0 radical (unpaired) electrons. The first-order valence-corrected chi connectivity index (χ1v) is 8.11. The summed E-state index contributed by atoms with van der Waals surface area (Å²) in [5, 5.41) is 7.48. The van der Waals surface area contributed by atoms with Crippen molar-refractivity contribution in [1.29, 1.82) is 0 Å². The average molecular weight is 358 g/mol. The number of nitrogen functional groups attached to an aromatic ring is 1. The third-order valence-electron chi connectivity index (χ3n) is 3.23. The fourth-order valence-electron chi connectivity index (χ4n) is 2.32. The lowest BCUT2D eigenvalue weighted by Crippen LogP contribution is -2.31. The molecule has 0 aliphatic carbocycles. The van der Waals surface area contributed by atoms with Gasteiger partial charge in [0.1, 0.15) is 0 Å². The van der Waals surface area contributed by atoms with E-state index in [1.54, 1.807) is 19.2 Å². The van der Waals surface area contributed by atoms with Crippen LogP contribution in [0.2, 0.25) is 0 Å². The fraction of sp³-hybridized carbons (Fsp3) is 0.273. The van der Waals surface area contributed by atoms with Crippen LogP contribution >= 0.6 is 15.9 Å². The van der Waals surface area contributed by atoms with E-state index < -0.39 is 10.0 Å². The van der Waals surface area contributed by atoms with E-state index in [-0.39, 0.29) is 9.63 Å². The van der Waals surface area contributed by atoms with Gasteiger partial charge in [-0.2, -0.15) is 8.42 Å². The molecule has 0 spiro atoms. The van der Waals surface area contributed by atoms with Crippen molar-refractivity contribution in [3.8, 4) is 0 Å². The highest BCUT2D eigenvalue weighted by atomic mass is 79.9. The molecule has 2 N–H and O–H groups in total. The number of aryl methyl sites for hydroxylation is 1. The Labute approximate surface area is 124 Å². The fourth-order valence-corrected chi connectivity index (χ4v) is 4.85. The Kier molecular flexibility index (Phi) is 2.98. The molecule has 3 rings (SSSR count). The maximum absolute atomic E-state index is 12.8. The molecule has 1 aliphatic rings. The second-order valence-electron chi connectivity index (χ2n) is 4.52. The lowest BCUT2D eigenvalue weighted by molar-refractivity contribution is 0.570. The lowest BCUT2D eigenvalue weighted by atomic mass is 10.1. The SMILES string of the molecule is Cn1nnc(Br)c1S(=O)(=O)N1CCc2ccc(N)cc21. The Morgan fingerprint density at radius 1 is 1.40 bits per heavy atom. The summed E-state index contributed by atoms with van der Waals surface area (Å²) in [7, 11) is -2.18. The number of sulfonamides is 1. The van der Waals surface area contributed by atoms with E-state index in [9.17, 15) is 8.42 Å². The molecule has 2 aromatic rings. The highest BCUT2D eigenvalue weighted by Gasteiger charge is 2.35. The second-order valence-corrected chi connectivity index (χ2v) is 7.05. The zero-order valence-corrected chi connectivity index (χ0v) is 13.0. The van der Waals surface area contributed by atoms with Crippen molar-refractivity contribution in [2.45, 2.75) is 11.4 Å². The molecule has 20 heavy (non-hydrogen) atoms. The van der Waals surface area contributed by atoms with E-state index in [1.807, 2.05) is 6.07 Å². The van der Waals surface area contributed by atoms with Gasteiger partial charge < -0.3 is 5.73 Å². The van der Waals surface area contributed by atoms with Crippen LogP contribution < -0.4 is 10.0 Å². The van der Waals surface area contributed by atoms with E-state index in [0.717, 1.165) is 5.56 Å². The molecule has 0 bridgehead atoms. The van der Waals surface area contributed by atoms with Gasteiger partial charge in [-0.1, -0.05) is 11.3 Å². The van der Waals surface area contributed by atoms with Crippen molar-refractivity contribution < 1.29 is 8.42 Å². The molecule has 106 valence electrons. The number of anilines is 2. The van der Waals surface area contributed by atoms with Crippen molar-refractivity contribution >= 4 is 37.3 Å². The van der Waals surface area contributed by atoms with Gasteiger partial charge in [0.2, 0.25) is 5.03 Å². The second kappa shape index (κ2) is 4.45. The average Bonchev–Trinajstić information content (AvgIpc) is 2.93. The predicted octanol–water partition coefficient (Wildman–Crippen LogP) is 0.911. The molecule has 7 nitrogen and oxygen atoms in total. The molecule has 0 saturated heterocycles. The topological polar surface area (TPSA) is 94.1 Å². The van der Waals surface area contributed by atoms with Crippen LogP contribution in [0.1, 0.15) is 5.56 Å².